The van der Waals surface area contributed by atoms with E-state index in [4.69, 9.17) is 4.74 Å². The third kappa shape index (κ3) is 3.56. The second-order valence-corrected chi connectivity index (χ2v) is 6.15. The molecule has 6 nitrogen and oxygen atoms in total. The number of nitrogens with one attached hydrogen (secondary N) is 2. The van der Waals surface area contributed by atoms with Gasteiger partial charge in [0.05, 0.1) is 18.2 Å². The Morgan fingerprint density at radius 1 is 1.52 bits per heavy atom. The van der Waals surface area contributed by atoms with E-state index >= 15 is 0 Å². The lowest BCUT2D eigenvalue weighted by molar-refractivity contribution is 0.0992. The standard InChI is InChI=1S/C15H25N5O/c1-11(10-20-7-3-6-18-20)9-17-15(16-2)19-13-8-12-4-5-14(13)21-12/h3,6-7,11-14H,4-5,8-10H2,1-2H3,(H2,16,17,19). The highest BCUT2D eigenvalue weighted by Gasteiger charge is 2.41. The molecule has 2 N–H and O–H groups in total. The summed E-state index contributed by atoms with van der Waals surface area (Å²) >= 11 is 0. The first-order chi connectivity index (χ1) is 10.2. The molecule has 0 amide bonds. The van der Waals surface area contributed by atoms with E-state index in [1.807, 2.05) is 30.2 Å². The van der Waals surface area contributed by atoms with Crippen molar-refractivity contribution in [1.82, 2.24) is 20.4 Å². The van der Waals surface area contributed by atoms with E-state index in [1.54, 1.807) is 0 Å². The number of nitrogens with zero attached hydrogens (tertiary/aromatic N) is 3. The highest BCUT2D eigenvalue weighted by atomic mass is 16.5. The lowest BCUT2D eigenvalue weighted by atomic mass is 9.96. The van der Waals surface area contributed by atoms with E-state index in [9.17, 15) is 0 Å². The van der Waals surface area contributed by atoms with Crippen molar-refractivity contribution in [2.24, 2.45) is 10.9 Å². The maximum absolute atomic E-state index is 5.87. The molecule has 116 valence electrons. The molecule has 3 heterocycles. The number of aromatic nitrogens is 2. The molecule has 2 aliphatic rings. The molecule has 4 atom stereocenters. The molecule has 2 saturated heterocycles. The van der Waals surface area contributed by atoms with Gasteiger partial charge in [-0.1, -0.05) is 6.92 Å². The Balaban J connectivity index is 1.42. The maximum atomic E-state index is 5.87. The Labute approximate surface area is 126 Å². The highest BCUT2D eigenvalue weighted by Crippen LogP contribution is 2.34. The second-order valence-electron chi connectivity index (χ2n) is 6.15. The molecule has 21 heavy (non-hydrogen) atoms. The smallest absolute Gasteiger partial charge is 0.191 e. The molecule has 1 aromatic rings. The summed E-state index contributed by atoms with van der Waals surface area (Å²) in [5.74, 6) is 1.36. The number of rotatable bonds is 5. The number of hydrogen-bond acceptors (Lipinski definition) is 3. The van der Waals surface area contributed by atoms with Crippen molar-refractivity contribution < 1.29 is 4.74 Å². The van der Waals surface area contributed by atoms with Gasteiger partial charge in [-0.2, -0.15) is 5.10 Å². The molecule has 3 rings (SSSR count). The monoisotopic (exact) mass is 291 g/mol. The van der Waals surface area contributed by atoms with Crippen molar-refractivity contribution in [2.45, 2.75) is 51.0 Å². The fourth-order valence-corrected chi connectivity index (χ4v) is 3.22. The second kappa shape index (κ2) is 6.47. The van der Waals surface area contributed by atoms with E-state index in [-0.39, 0.29) is 0 Å². The van der Waals surface area contributed by atoms with Crippen LogP contribution in [0.3, 0.4) is 0 Å². The quantitative estimate of drug-likeness (QED) is 0.628. The Morgan fingerprint density at radius 2 is 2.43 bits per heavy atom. The molecule has 6 heteroatoms. The summed E-state index contributed by atoms with van der Waals surface area (Å²) in [6.45, 7) is 4.00. The van der Waals surface area contributed by atoms with Crippen LogP contribution in [0, 0.1) is 5.92 Å². The lowest BCUT2D eigenvalue weighted by Crippen LogP contribution is -2.48. The number of hydrogen-bond donors (Lipinski definition) is 2. The molecule has 1 aromatic heterocycles. The van der Waals surface area contributed by atoms with Crippen molar-refractivity contribution in [3.63, 3.8) is 0 Å². The van der Waals surface area contributed by atoms with Crippen LogP contribution in [0.2, 0.25) is 0 Å². The van der Waals surface area contributed by atoms with Crippen LogP contribution in [0.1, 0.15) is 26.2 Å². The number of aliphatic imine (C=N–C) groups is 1. The lowest BCUT2D eigenvalue weighted by Gasteiger charge is -2.23. The Bertz CT molecular complexity index is 472. The third-order valence-corrected chi connectivity index (χ3v) is 4.33. The first-order valence-corrected chi connectivity index (χ1v) is 7.84. The zero-order valence-corrected chi connectivity index (χ0v) is 12.8. The van der Waals surface area contributed by atoms with E-state index in [1.165, 1.54) is 12.8 Å². The van der Waals surface area contributed by atoms with Gasteiger partial charge in [-0.05, 0) is 31.2 Å². The molecule has 2 fully saturated rings. The molecular formula is C15H25N5O. The number of guanidine groups is 1. The molecule has 2 bridgehead atoms. The minimum Gasteiger partial charge on any atom is -0.373 e. The van der Waals surface area contributed by atoms with Crippen LogP contribution in [0.15, 0.2) is 23.5 Å². The summed E-state index contributed by atoms with van der Waals surface area (Å²) in [7, 11) is 1.82. The molecule has 0 spiro atoms. The zero-order chi connectivity index (χ0) is 14.7. The Kier molecular flexibility index (Phi) is 4.43. The van der Waals surface area contributed by atoms with Gasteiger partial charge in [0.15, 0.2) is 5.96 Å². The molecule has 2 aliphatic heterocycles. The van der Waals surface area contributed by atoms with Gasteiger partial charge < -0.3 is 15.4 Å². The maximum Gasteiger partial charge on any atom is 0.191 e. The van der Waals surface area contributed by atoms with E-state index < -0.39 is 0 Å². The van der Waals surface area contributed by atoms with Crippen LogP contribution in [0.4, 0.5) is 0 Å². The summed E-state index contributed by atoms with van der Waals surface area (Å²) in [5.41, 5.74) is 0. The normalized spacial score (nSPS) is 29.6. The third-order valence-electron chi connectivity index (χ3n) is 4.33. The molecule has 4 unspecified atom stereocenters. The van der Waals surface area contributed by atoms with Gasteiger partial charge in [-0.3, -0.25) is 9.67 Å². The van der Waals surface area contributed by atoms with E-state index in [0.29, 0.717) is 24.2 Å². The number of ether oxygens (including phenoxy) is 1. The van der Waals surface area contributed by atoms with Crippen LogP contribution >= 0.6 is 0 Å². The molecular weight excluding hydrogens is 266 g/mol. The topological polar surface area (TPSA) is 63.5 Å². The average Bonchev–Trinajstić information content (AvgIpc) is 3.20. The largest absolute Gasteiger partial charge is 0.373 e. The van der Waals surface area contributed by atoms with Crippen molar-refractivity contribution in [3.05, 3.63) is 18.5 Å². The van der Waals surface area contributed by atoms with Crippen LogP contribution < -0.4 is 10.6 Å². The SMILES string of the molecule is CN=C(NCC(C)Cn1cccn1)NC1CC2CCC1O2. The van der Waals surface area contributed by atoms with Gasteiger partial charge >= 0.3 is 0 Å². The van der Waals surface area contributed by atoms with Gasteiger partial charge in [0, 0.05) is 32.5 Å². The van der Waals surface area contributed by atoms with E-state index in [0.717, 1.165) is 25.5 Å². The number of fused-ring (bicyclic) bond motifs is 2. The minimum atomic E-state index is 0.370. The summed E-state index contributed by atoms with van der Waals surface area (Å²) in [4.78, 5) is 4.32. The first kappa shape index (κ1) is 14.4. The summed E-state index contributed by atoms with van der Waals surface area (Å²) in [6, 6.07) is 2.37. The van der Waals surface area contributed by atoms with Gasteiger partial charge in [0.1, 0.15) is 0 Å². The summed E-state index contributed by atoms with van der Waals surface area (Å²) < 4.78 is 7.83. The fourth-order valence-electron chi connectivity index (χ4n) is 3.22. The predicted molar refractivity (Wildman–Crippen MR) is 82.2 cm³/mol. The van der Waals surface area contributed by atoms with Crippen molar-refractivity contribution in [2.75, 3.05) is 13.6 Å². The van der Waals surface area contributed by atoms with Crippen LogP contribution in [0.5, 0.6) is 0 Å². The average molecular weight is 291 g/mol. The van der Waals surface area contributed by atoms with Gasteiger partial charge in [0.2, 0.25) is 0 Å². The Hall–Kier alpha value is -1.56. The minimum absolute atomic E-state index is 0.370. The zero-order valence-electron chi connectivity index (χ0n) is 12.8. The summed E-state index contributed by atoms with van der Waals surface area (Å²) in [6.07, 6.45) is 8.14. The Morgan fingerprint density at radius 3 is 3.05 bits per heavy atom. The molecule has 0 radical (unpaired) electrons. The summed E-state index contributed by atoms with van der Waals surface area (Å²) in [5, 5.41) is 11.2. The predicted octanol–water partition coefficient (Wildman–Crippen LogP) is 1.00. The van der Waals surface area contributed by atoms with Gasteiger partial charge in [0.25, 0.3) is 0 Å². The van der Waals surface area contributed by atoms with Crippen LogP contribution in [-0.2, 0) is 11.3 Å². The molecule has 0 aromatic carbocycles. The fraction of sp³-hybridized carbons (Fsp3) is 0.733. The van der Waals surface area contributed by atoms with Crippen LogP contribution in [-0.4, -0.2) is 47.6 Å². The first-order valence-electron chi connectivity index (χ1n) is 7.84. The van der Waals surface area contributed by atoms with E-state index in [2.05, 4.69) is 27.6 Å². The molecule has 0 aliphatic carbocycles. The van der Waals surface area contributed by atoms with Crippen molar-refractivity contribution >= 4 is 5.96 Å². The van der Waals surface area contributed by atoms with Gasteiger partial charge in [-0.15, -0.1) is 0 Å². The van der Waals surface area contributed by atoms with Crippen molar-refractivity contribution in [1.29, 1.82) is 0 Å². The molecule has 0 saturated carbocycles. The van der Waals surface area contributed by atoms with Gasteiger partial charge in [-0.25, -0.2) is 0 Å². The van der Waals surface area contributed by atoms with Crippen molar-refractivity contribution in [3.8, 4) is 0 Å². The highest BCUT2D eigenvalue weighted by molar-refractivity contribution is 5.80. The van der Waals surface area contributed by atoms with Crippen LogP contribution in [0.25, 0.3) is 0 Å².